The first-order valence-electron chi connectivity index (χ1n) is 11.4. The highest BCUT2D eigenvalue weighted by molar-refractivity contribution is 7.96. The monoisotopic (exact) mass is 451 g/mol. The van der Waals surface area contributed by atoms with Gasteiger partial charge in [-0.3, -0.25) is 0 Å². The summed E-state index contributed by atoms with van der Waals surface area (Å²) >= 11 is 0. The average Bonchev–Trinajstić information content (AvgIpc) is 3.47. The van der Waals surface area contributed by atoms with Gasteiger partial charge >= 0.3 is 0 Å². The second-order valence-corrected chi connectivity index (χ2v) is 12.2. The molecule has 0 radical (unpaired) electrons. The van der Waals surface area contributed by atoms with Gasteiger partial charge in [-0.15, -0.1) is 0 Å². The summed E-state index contributed by atoms with van der Waals surface area (Å²) in [5.41, 5.74) is 5.35. The third-order valence-electron chi connectivity index (χ3n) is 6.30. The van der Waals surface area contributed by atoms with Crippen LogP contribution in [0.2, 0.25) is 0 Å². The molecule has 3 nitrogen and oxygen atoms in total. The van der Waals surface area contributed by atoms with Gasteiger partial charge in [-0.25, -0.2) is 4.39 Å². The first-order chi connectivity index (χ1) is 15.6. The molecule has 3 atom stereocenters. The smallest absolute Gasteiger partial charge is 0.181 e. The molecule has 168 valence electrons. The lowest BCUT2D eigenvalue weighted by atomic mass is 10.3. The summed E-state index contributed by atoms with van der Waals surface area (Å²) in [5.74, 6) is 0.268. The van der Waals surface area contributed by atoms with Crippen molar-refractivity contribution in [3.05, 3.63) is 91.0 Å². The van der Waals surface area contributed by atoms with E-state index < -0.39 is 13.4 Å². The Labute approximate surface area is 191 Å². The maximum Gasteiger partial charge on any atom is 0.181 e. The van der Waals surface area contributed by atoms with Gasteiger partial charge in [0.15, 0.2) is 5.85 Å². The Bertz CT molecular complexity index is 845. The van der Waals surface area contributed by atoms with Crippen molar-refractivity contribution in [3.63, 3.8) is 0 Å². The highest BCUT2D eigenvalue weighted by Gasteiger charge is 2.54. The van der Waals surface area contributed by atoms with E-state index in [1.54, 1.807) is 0 Å². The van der Waals surface area contributed by atoms with Crippen molar-refractivity contribution >= 4 is 23.2 Å². The molecule has 0 amide bonds. The lowest BCUT2D eigenvalue weighted by Crippen LogP contribution is -2.38. The van der Waals surface area contributed by atoms with Crippen LogP contribution in [0.15, 0.2) is 91.0 Å². The number of halogens is 1. The fourth-order valence-corrected chi connectivity index (χ4v) is 9.50. The van der Waals surface area contributed by atoms with Crippen molar-refractivity contribution in [3.8, 4) is 0 Å². The molecular formula is C27H33FN2OP+. The van der Waals surface area contributed by atoms with E-state index in [9.17, 15) is 4.39 Å². The van der Waals surface area contributed by atoms with Crippen molar-refractivity contribution in [1.82, 2.24) is 4.90 Å². The summed E-state index contributed by atoms with van der Waals surface area (Å²) in [6, 6.07) is 32.7. The van der Waals surface area contributed by atoms with Gasteiger partial charge < -0.3 is 15.4 Å². The van der Waals surface area contributed by atoms with Crippen molar-refractivity contribution in [2.75, 3.05) is 26.7 Å². The highest BCUT2D eigenvalue weighted by Crippen LogP contribution is 2.62. The van der Waals surface area contributed by atoms with Crippen LogP contribution in [0.1, 0.15) is 12.8 Å². The number of hydrogen-bond donors (Lipinski definition) is 1. The molecule has 2 saturated heterocycles. The van der Waals surface area contributed by atoms with Crippen LogP contribution in [-0.2, 0) is 4.74 Å². The Morgan fingerprint density at radius 3 is 1.56 bits per heavy atom. The predicted molar refractivity (Wildman–Crippen MR) is 134 cm³/mol. The number of ether oxygens (including phenoxy) is 1. The van der Waals surface area contributed by atoms with Crippen LogP contribution < -0.4 is 21.6 Å². The predicted octanol–water partition coefficient (Wildman–Crippen LogP) is 3.71. The quantitative estimate of drug-likeness (QED) is 0.615. The molecule has 32 heavy (non-hydrogen) atoms. The van der Waals surface area contributed by atoms with Crippen LogP contribution in [-0.4, -0.2) is 49.7 Å². The molecule has 2 aliphatic heterocycles. The molecule has 5 heteroatoms. The first-order valence-corrected chi connectivity index (χ1v) is 13.2. The lowest BCUT2D eigenvalue weighted by molar-refractivity contribution is 0.169. The Hall–Kier alpha value is -2.10. The standard InChI is InChI=1S/C22H22OP.C5H11FN2/c1-4-11-19(12-5-1)24(22-17-10-18-23-22,20-13-6-2-7-14-20)21-15-8-3-9-16-21;1-8-2-4(6)5(7)3-8/h1-9,11-16,22H,10,17-18H2;4-5H,2-3,7H2,1H3/q+1;/t;4-,5-/m.1/s1. The van der Waals surface area contributed by atoms with Crippen molar-refractivity contribution < 1.29 is 9.13 Å². The zero-order valence-corrected chi connectivity index (χ0v) is 19.6. The van der Waals surface area contributed by atoms with Crippen LogP contribution >= 0.6 is 7.26 Å². The molecule has 0 aliphatic carbocycles. The second-order valence-electron chi connectivity index (χ2n) is 8.60. The number of rotatable bonds is 4. The summed E-state index contributed by atoms with van der Waals surface area (Å²) < 4.78 is 18.7. The van der Waals surface area contributed by atoms with E-state index in [0.29, 0.717) is 13.1 Å². The van der Waals surface area contributed by atoms with E-state index in [2.05, 4.69) is 91.0 Å². The second kappa shape index (κ2) is 10.7. The van der Waals surface area contributed by atoms with Crippen LogP contribution in [0.25, 0.3) is 0 Å². The lowest BCUT2D eigenvalue weighted by Gasteiger charge is -2.31. The van der Waals surface area contributed by atoms with E-state index in [-0.39, 0.29) is 11.9 Å². The zero-order chi connectivity index (χ0) is 22.4. The molecular weight excluding hydrogens is 418 g/mol. The number of likely N-dealkylation sites (N-methyl/N-ethyl adjacent to an activating group) is 1. The largest absolute Gasteiger partial charge is 0.343 e. The van der Waals surface area contributed by atoms with Gasteiger partial charge in [0.05, 0.1) is 6.61 Å². The maximum absolute atomic E-state index is 12.4. The zero-order valence-electron chi connectivity index (χ0n) is 18.7. The molecule has 0 aromatic heterocycles. The molecule has 2 aliphatic rings. The summed E-state index contributed by atoms with van der Waals surface area (Å²) in [7, 11) is 0.0513. The van der Waals surface area contributed by atoms with Crippen LogP contribution in [0.4, 0.5) is 4.39 Å². The molecule has 3 aromatic rings. The number of nitrogens with two attached hydrogens (primary N) is 1. The Balaban J connectivity index is 0.000000260. The molecule has 2 N–H and O–H groups in total. The fourth-order valence-electron chi connectivity index (χ4n) is 4.78. The van der Waals surface area contributed by atoms with Crippen molar-refractivity contribution in [1.29, 1.82) is 0 Å². The fraction of sp³-hybridized carbons (Fsp3) is 0.333. The highest BCUT2D eigenvalue weighted by atomic mass is 31.2. The summed E-state index contributed by atoms with van der Waals surface area (Å²) in [4.78, 5) is 1.90. The van der Waals surface area contributed by atoms with Gasteiger partial charge in [0, 0.05) is 25.6 Å². The Kier molecular flexibility index (Phi) is 7.70. The Morgan fingerprint density at radius 2 is 1.28 bits per heavy atom. The van der Waals surface area contributed by atoms with E-state index in [4.69, 9.17) is 10.5 Å². The van der Waals surface area contributed by atoms with Crippen molar-refractivity contribution in [2.45, 2.75) is 30.9 Å². The van der Waals surface area contributed by atoms with E-state index in [1.807, 2.05) is 11.9 Å². The summed E-state index contributed by atoms with van der Waals surface area (Å²) in [6.07, 6.45) is 1.48. The third kappa shape index (κ3) is 4.79. The molecule has 1 unspecified atom stereocenters. The van der Waals surface area contributed by atoms with Crippen molar-refractivity contribution in [2.24, 2.45) is 5.73 Å². The molecule has 0 spiro atoms. The number of likely N-dealkylation sites (tertiary alicyclic amines) is 1. The molecule has 0 saturated carbocycles. The summed E-state index contributed by atoms with van der Waals surface area (Å²) in [5, 5.41) is 4.23. The topological polar surface area (TPSA) is 38.5 Å². The van der Waals surface area contributed by atoms with E-state index in [0.717, 1.165) is 19.4 Å². The number of nitrogens with zero attached hydrogens (tertiary/aromatic N) is 1. The third-order valence-corrected chi connectivity index (χ3v) is 10.9. The molecule has 2 heterocycles. The van der Waals surface area contributed by atoms with E-state index in [1.165, 1.54) is 15.9 Å². The van der Waals surface area contributed by atoms with Gasteiger partial charge in [-0.05, 0) is 49.9 Å². The normalized spacial score (nSPS) is 23.5. The maximum atomic E-state index is 12.4. The SMILES string of the molecule is CN1C[C@@H](N)[C@H](F)C1.c1ccc([P+](c2ccccc2)(c2ccccc2)C2CCCO2)cc1. The summed E-state index contributed by atoms with van der Waals surface area (Å²) in [6.45, 7) is 2.07. The van der Waals surface area contributed by atoms with Gasteiger partial charge in [0.2, 0.25) is 0 Å². The van der Waals surface area contributed by atoms with Crippen LogP contribution in [0, 0.1) is 0 Å². The van der Waals surface area contributed by atoms with Gasteiger partial charge in [0.1, 0.15) is 29.3 Å². The minimum Gasteiger partial charge on any atom is -0.343 e. The minimum absolute atomic E-state index is 0.250. The number of alkyl halides is 1. The van der Waals surface area contributed by atoms with Gasteiger partial charge in [-0.1, -0.05) is 54.6 Å². The number of benzene rings is 3. The molecule has 5 rings (SSSR count). The molecule has 3 aromatic carbocycles. The first kappa shape index (κ1) is 23.1. The average molecular weight is 452 g/mol. The van der Waals surface area contributed by atoms with Gasteiger partial charge in [0.25, 0.3) is 0 Å². The Morgan fingerprint density at radius 1 is 0.812 bits per heavy atom. The molecule has 2 fully saturated rings. The number of hydrogen-bond acceptors (Lipinski definition) is 3. The minimum atomic E-state index is -1.82. The van der Waals surface area contributed by atoms with Crippen LogP contribution in [0.5, 0.6) is 0 Å². The van der Waals surface area contributed by atoms with Gasteiger partial charge in [-0.2, -0.15) is 0 Å². The van der Waals surface area contributed by atoms with Crippen LogP contribution in [0.3, 0.4) is 0 Å². The molecule has 0 bridgehead atoms. The van der Waals surface area contributed by atoms with E-state index >= 15 is 0 Å².